The van der Waals surface area contributed by atoms with Crippen molar-refractivity contribution in [2.45, 2.75) is 19.8 Å². The van der Waals surface area contributed by atoms with Gasteiger partial charge in [-0.15, -0.1) is 5.10 Å². The lowest BCUT2D eigenvalue weighted by molar-refractivity contribution is 0.0659. The second-order valence-corrected chi connectivity index (χ2v) is 7.66. The van der Waals surface area contributed by atoms with Gasteiger partial charge in [-0.25, -0.2) is 9.50 Å². The number of piperidine rings is 1. The van der Waals surface area contributed by atoms with Crippen LogP contribution in [0, 0.1) is 12.8 Å². The lowest BCUT2D eigenvalue weighted by Crippen LogP contribution is -2.39. The van der Waals surface area contributed by atoms with Crippen molar-refractivity contribution in [1.82, 2.24) is 23.9 Å². The standard InChI is InChI=1S/C22H23N5O2/c1-16-13-27-20(23-16)5-6-21(24-27)29-15-17-7-10-25(11-8-17)22(28)18-12-19-4-2-3-9-26(19)14-18/h2-6,9,12-14,17H,7-8,10-11,15H2,1H3. The number of fused-ring (bicyclic) bond motifs is 2. The van der Waals surface area contributed by atoms with E-state index in [-0.39, 0.29) is 5.91 Å². The van der Waals surface area contributed by atoms with Crippen LogP contribution in [0.3, 0.4) is 0 Å². The largest absolute Gasteiger partial charge is 0.476 e. The van der Waals surface area contributed by atoms with Gasteiger partial charge < -0.3 is 14.0 Å². The summed E-state index contributed by atoms with van der Waals surface area (Å²) in [6, 6.07) is 11.7. The molecule has 7 heteroatoms. The maximum absolute atomic E-state index is 12.8. The van der Waals surface area contributed by atoms with Crippen molar-refractivity contribution in [3.8, 4) is 5.88 Å². The Bertz CT molecular complexity index is 1140. The molecule has 0 N–H and O–H groups in total. The predicted molar refractivity (Wildman–Crippen MR) is 109 cm³/mol. The molecular formula is C22H23N5O2. The monoisotopic (exact) mass is 389 g/mol. The minimum Gasteiger partial charge on any atom is -0.476 e. The van der Waals surface area contributed by atoms with E-state index in [2.05, 4.69) is 10.1 Å². The molecule has 0 spiro atoms. The average molecular weight is 389 g/mol. The molecule has 5 rings (SSSR count). The molecule has 0 aromatic carbocycles. The summed E-state index contributed by atoms with van der Waals surface area (Å²) in [5, 5.41) is 4.45. The van der Waals surface area contributed by atoms with Crippen LogP contribution in [-0.2, 0) is 0 Å². The van der Waals surface area contributed by atoms with Crippen LogP contribution >= 0.6 is 0 Å². The molecule has 0 aliphatic carbocycles. The highest BCUT2D eigenvalue weighted by Crippen LogP contribution is 2.21. The molecule has 1 amide bonds. The van der Waals surface area contributed by atoms with E-state index in [0.717, 1.165) is 48.4 Å². The van der Waals surface area contributed by atoms with E-state index in [1.807, 2.05) is 71.2 Å². The number of carbonyl (C=O) groups excluding carboxylic acids is 1. The number of aromatic nitrogens is 4. The first-order valence-electron chi connectivity index (χ1n) is 9.97. The minimum atomic E-state index is 0.107. The summed E-state index contributed by atoms with van der Waals surface area (Å²) in [5.74, 6) is 1.14. The van der Waals surface area contributed by atoms with Gasteiger partial charge in [0.1, 0.15) is 0 Å². The molecule has 0 saturated carbocycles. The third-order valence-electron chi connectivity index (χ3n) is 5.54. The van der Waals surface area contributed by atoms with Gasteiger partial charge >= 0.3 is 0 Å². The van der Waals surface area contributed by atoms with E-state index in [1.165, 1.54) is 0 Å². The Hall–Kier alpha value is -3.35. The molecule has 0 unspecified atom stereocenters. The predicted octanol–water partition coefficient (Wildman–Crippen LogP) is 3.22. The highest BCUT2D eigenvalue weighted by molar-refractivity contribution is 5.95. The zero-order valence-corrected chi connectivity index (χ0v) is 16.4. The van der Waals surface area contributed by atoms with Crippen LogP contribution in [-0.4, -0.2) is 49.5 Å². The molecule has 0 bridgehead atoms. The number of hydrogen-bond donors (Lipinski definition) is 0. The quantitative estimate of drug-likeness (QED) is 0.538. The van der Waals surface area contributed by atoms with Crippen LogP contribution < -0.4 is 4.74 Å². The Morgan fingerprint density at radius 1 is 1.17 bits per heavy atom. The summed E-state index contributed by atoms with van der Waals surface area (Å²) in [5.41, 5.74) is 3.54. The Morgan fingerprint density at radius 2 is 2.03 bits per heavy atom. The molecule has 4 aromatic heterocycles. The van der Waals surface area contributed by atoms with Gasteiger partial charge in [0, 0.05) is 37.1 Å². The Morgan fingerprint density at radius 3 is 2.86 bits per heavy atom. The number of amides is 1. The first-order chi connectivity index (χ1) is 14.2. The smallest absolute Gasteiger partial charge is 0.255 e. The van der Waals surface area contributed by atoms with Crippen LogP contribution in [0.2, 0.25) is 0 Å². The lowest BCUT2D eigenvalue weighted by Gasteiger charge is -2.31. The number of rotatable bonds is 4. The number of hydrogen-bond acceptors (Lipinski definition) is 4. The molecule has 29 heavy (non-hydrogen) atoms. The van der Waals surface area contributed by atoms with Crippen molar-refractivity contribution in [1.29, 1.82) is 0 Å². The number of carbonyl (C=O) groups is 1. The summed E-state index contributed by atoms with van der Waals surface area (Å²) in [7, 11) is 0. The average Bonchev–Trinajstić information content (AvgIpc) is 3.34. The molecule has 0 radical (unpaired) electrons. The minimum absolute atomic E-state index is 0.107. The fourth-order valence-electron chi connectivity index (χ4n) is 3.92. The van der Waals surface area contributed by atoms with Crippen LogP contribution in [0.5, 0.6) is 5.88 Å². The van der Waals surface area contributed by atoms with E-state index in [9.17, 15) is 4.79 Å². The highest BCUT2D eigenvalue weighted by Gasteiger charge is 2.25. The molecule has 1 saturated heterocycles. The zero-order chi connectivity index (χ0) is 19.8. The summed E-state index contributed by atoms with van der Waals surface area (Å²) in [6.07, 6.45) is 7.63. The maximum Gasteiger partial charge on any atom is 0.255 e. The summed E-state index contributed by atoms with van der Waals surface area (Å²) in [4.78, 5) is 19.2. The summed E-state index contributed by atoms with van der Waals surface area (Å²) >= 11 is 0. The summed E-state index contributed by atoms with van der Waals surface area (Å²) < 4.78 is 9.65. The van der Waals surface area contributed by atoms with E-state index < -0.39 is 0 Å². The van der Waals surface area contributed by atoms with Crippen LogP contribution in [0.15, 0.2) is 55.0 Å². The van der Waals surface area contributed by atoms with Gasteiger partial charge in [0.15, 0.2) is 5.65 Å². The SMILES string of the molecule is Cc1cn2nc(OCC3CCN(C(=O)c4cc5ccccn5c4)CC3)ccc2n1. The topological polar surface area (TPSA) is 64.1 Å². The van der Waals surface area contributed by atoms with Crippen molar-refractivity contribution < 1.29 is 9.53 Å². The highest BCUT2D eigenvalue weighted by atomic mass is 16.5. The third kappa shape index (κ3) is 3.55. The van der Waals surface area contributed by atoms with Gasteiger partial charge in [0.2, 0.25) is 5.88 Å². The Kier molecular flexibility index (Phi) is 4.42. The maximum atomic E-state index is 12.8. The van der Waals surface area contributed by atoms with E-state index in [1.54, 1.807) is 4.52 Å². The van der Waals surface area contributed by atoms with E-state index in [0.29, 0.717) is 18.4 Å². The second kappa shape index (κ2) is 7.24. The fraction of sp³-hybridized carbons (Fsp3) is 0.318. The van der Waals surface area contributed by atoms with Gasteiger partial charge in [0.25, 0.3) is 5.91 Å². The number of aryl methyl sites for hydroxylation is 1. The van der Waals surface area contributed by atoms with Crippen LogP contribution in [0.1, 0.15) is 28.9 Å². The first-order valence-corrected chi connectivity index (χ1v) is 9.97. The molecule has 1 aliphatic rings. The third-order valence-corrected chi connectivity index (χ3v) is 5.54. The van der Waals surface area contributed by atoms with E-state index in [4.69, 9.17) is 4.74 Å². The van der Waals surface area contributed by atoms with Gasteiger partial charge in [-0.2, -0.15) is 0 Å². The van der Waals surface area contributed by atoms with Crippen molar-refractivity contribution in [3.05, 3.63) is 66.2 Å². The van der Waals surface area contributed by atoms with Gasteiger partial charge in [0.05, 0.1) is 24.1 Å². The number of nitrogens with zero attached hydrogens (tertiary/aromatic N) is 5. The van der Waals surface area contributed by atoms with Crippen LogP contribution in [0.4, 0.5) is 0 Å². The van der Waals surface area contributed by atoms with Crippen molar-refractivity contribution in [2.24, 2.45) is 5.92 Å². The molecular weight excluding hydrogens is 366 g/mol. The molecule has 1 aliphatic heterocycles. The van der Waals surface area contributed by atoms with Crippen molar-refractivity contribution in [2.75, 3.05) is 19.7 Å². The molecule has 0 atom stereocenters. The normalized spacial score (nSPS) is 15.3. The molecule has 1 fully saturated rings. The Labute approximate surface area is 168 Å². The van der Waals surface area contributed by atoms with Crippen molar-refractivity contribution >= 4 is 17.1 Å². The number of likely N-dealkylation sites (tertiary alicyclic amines) is 1. The second-order valence-electron chi connectivity index (χ2n) is 7.66. The van der Waals surface area contributed by atoms with Crippen LogP contribution in [0.25, 0.3) is 11.2 Å². The molecule has 7 nitrogen and oxygen atoms in total. The molecule has 148 valence electrons. The molecule has 5 heterocycles. The van der Waals surface area contributed by atoms with Crippen molar-refractivity contribution in [3.63, 3.8) is 0 Å². The molecule has 4 aromatic rings. The first kappa shape index (κ1) is 17.7. The number of ether oxygens (including phenoxy) is 1. The Balaban J connectivity index is 1.17. The number of imidazole rings is 1. The zero-order valence-electron chi connectivity index (χ0n) is 16.4. The van der Waals surface area contributed by atoms with Gasteiger partial charge in [-0.3, -0.25) is 4.79 Å². The lowest BCUT2D eigenvalue weighted by atomic mass is 9.97. The number of pyridine rings is 1. The fourth-order valence-corrected chi connectivity index (χ4v) is 3.92. The van der Waals surface area contributed by atoms with Gasteiger partial charge in [-0.05, 0) is 49.9 Å². The van der Waals surface area contributed by atoms with E-state index >= 15 is 0 Å². The van der Waals surface area contributed by atoms with Gasteiger partial charge in [-0.1, -0.05) is 6.07 Å². The summed E-state index contributed by atoms with van der Waals surface area (Å²) in [6.45, 7) is 4.07.